The number of para-hydroxylation sites is 1. The lowest BCUT2D eigenvalue weighted by Crippen LogP contribution is -2.05. The Bertz CT molecular complexity index is 968. The maximum Gasteiger partial charge on any atom is 0.193 e. The molecule has 0 radical (unpaired) electrons. The first-order valence-electron chi connectivity index (χ1n) is 9.41. The number of ketones is 1. The van der Waals surface area contributed by atoms with E-state index in [9.17, 15) is 9.90 Å². The number of carbonyl (C=O) groups is 1. The van der Waals surface area contributed by atoms with Gasteiger partial charge in [-0.2, -0.15) is 0 Å². The van der Waals surface area contributed by atoms with Crippen molar-refractivity contribution in [2.45, 2.75) is 20.3 Å². The van der Waals surface area contributed by atoms with Crippen molar-refractivity contribution in [1.82, 2.24) is 0 Å². The zero-order valence-corrected chi connectivity index (χ0v) is 18.2. The van der Waals surface area contributed by atoms with Gasteiger partial charge in [0.1, 0.15) is 22.8 Å². The van der Waals surface area contributed by atoms with E-state index in [4.69, 9.17) is 18.9 Å². The van der Waals surface area contributed by atoms with Crippen molar-refractivity contribution in [2.75, 3.05) is 28.4 Å². The lowest BCUT2D eigenvalue weighted by Gasteiger charge is -2.16. The number of hydrogen-bond acceptors (Lipinski definition) is 6. The normalized spacial score (nSPS) is 10.6. The van der Waals surface area contributed by atoms with Crippen LogP contribution in [0, 0.1) is 0 Å². The van der Waals surface area contributed by atoms with Crippen LogP contribution in [0.3, 0.4) is 0 Å². The van der Waals surface area contributed by atoms with Crippen LogP contribution in [0.1, 0.15) is 35.3 Å². The van der Waals surface area contributed by atoms with Gasteiger partial charge < -0.3 is 24.1 Å². The average Bonchev–Trinajstić information content (AvgIpc) is 2.74. The summed E-state index contributed by atoms with van der Waals surface area (Å²) in [5, 5.41) is 10.5. The number of phenols is 1. The maximum absolute atomic E-state index is 13.0. The fourth-order valence-corrected chi connectivity index (χ4v) is 3.10. The fraction of sp³-hybridized carbons (Fsp3) is 0.292. The predicted molar refractivity (Wildman–Crippen MR) is 117 cm³/mol. The molecule has 0 amide bonds. The molecule has 1 N–H and O–H groups in total. The van der Waals surface area contributed by atoms with Gasteiger partial charge in [-0.15, -0.1) is 0 Å². The Kier molecular flexibility index (Phi) is 7.92. The molecule has 0 aromatic heterocycles. The largest absolute Gasteiger partial charge is 0.507 e. The molecule has 2 aromatic carbocycles. The molecule has 0 atom stereocenters. The fourth-order valence-electron chi connectivity index (χ4n) is 3.10. The van der Waals surface area contributed by atoms with Crippen molar-refractivity contribution >= 4 is 11.9 Å². The number of phenolic OH excluding ortho intramolecular Hbond substituents is 1. The molecule has 0 aliphatic heterocycles. The van der Waals surface area contributed by atoms with Gasteiger partial charge in [-0.05, 0) is 38.5 Å². The highest BCUT2D eigenvalue weighted by molar-refractivity contribution is 6.11. The minimum absolute atomic E-state index is 0.0774. The summed E-state index contributed by atoms with van der Waals surface area (Å²) in [5.41, 5.74) is 2.55. The standard InChI is InChI=1S/C24H28O6/c1-15(2)10-12-17-21(28-4)14-19(26)22(24(17)30-6)18(25)13-11-16-8-7-9-20(27-3)23(16)29-5/h7-11,13-14,26H,12H2,1-6H3/b13-11+. The molecule has 2 aromatic rings. The highest BCUT2D eigenvalue weighted by Crippen LogP contribution is 2.40. The topological polar surface area (TPSA) is 74.2 Å². The third kappa shape index (κ3) is 4.95. The van der Waals surface area contributed by atoms with Crippen LogP contribution in [0.25, 0.3) is 6.08 Å². The highest BCUT2D eigenvalue weighted by Gasteiger charge is 2.23. The molecule has 0 fully saturated rings. The van der Waals surface area contributed by atoms with Gasteiger partial charge in [0, 0.05) is 17.2 Å². The Hall–Kier alpha value is -3.41. The molecule has 0 heterocycles. The van der Waals surface area contributed by atoms with Gasteiger partial charge in [0.25, 0.3) is 0 Å². The molecule has 0 unspecified atom stereocenters. The van der Waals surface area contributed by atoms with Crippen molar-refractivity contribution in [3.8, 4) is 28.7 Å². The third-order valence-electron chi connectivity index (χ3n) is 4.56. The molecule has 0 aliphatic rings. The number of benzene rings is 2. The van der Waals surface area contributed by atoms with Crippen LogP contribution in [0.15, 0.2) is 42.0 Å². The highest BCUT2D eigenvalue weighted by atomic mass is 16.5. The van der Waals surface area contributed by atoms with Crippen molar-refractivity contribution in [3.05, 3.63) is 58.7 Å². The molecule has 0 spiro atoms. The minimum Gasteiger partial charge on any atom is -0.507 e. The summed E-state index contributed by atoms with van der Waals surface area (Å²) in [4.78, 5) is 13.0. The lowest BCUT2D eigenvalue weighted by molar-refractivity contribution is 0.104. The van der Waals surface area contributed by atoms with Crippen LogP contribution >= 0.6 is 0 Å². The van der Waals surface area contributed by atoms with E-state index in [-0.39, 0.29) is 17.1 Å². The summed E-state index contributed by atoms with van der Waals surface area (Å²) in [7, 11) is 6.05. The Morgan fingerprint density at radius 3 is 2.20 bits per heavy atom. The van der Waals surface area contributed by atoms with E-state index in [1.54, 1.807) is 31.4 Å². The Morgan fingerprint density at radius 1 is 0.967 bits per heavy atom. The van der Waals surface area contributed by atoms with Gasteiger partial charge >= 0.3 is 0 Å². The number of methoxy groups -OCH3 is 4. The zero-order chi connectivity index (χ0) is 22.3. The SMILES string of the molecule is COc1cc(O)c(C(=O)/C=C/c2cccc(OC)c2OC)c(OC)c1CC=C(C)C. The van der Waals surface area contributed by atoms with Crippen molar-refractivity contribution in [2.24, 2.45) is 0 Å². The molecule has 0 bridgehead atoms. The van der Waals surface area contributed by atoms with Crippen LogP contribution in [-0.2, 0) is 6.42 Å². The predicted octanol–water partition coefficient (Wildman–Crippen LogP) is 4.83. The number of aromatic hydroxyl groups is 1. The summed E-state index contributed by atoms with van der Waals surface area (Å²) >= 11 is 0. The van der Waals surface area contributed by atoms with E-state index in [1.807, 2.05) is 19.9 Å². The summed E-state index contributed by atoms with van der Waals surface area (Å²) in [6.07, 6.45) is 5.49. The van der Waals surface area contributed by atoms with Crippen LogP contribution in [0.2, 0.25) is 0 Å². The second-order valence-electron chi connectivity index (χ2n) is 6.75. The van der Waals surface area contributed by atoms with E-state index < -0.39 is 5.78 Å². The van der Waals surface area contributed by atoms with E-state index in [0.29, 0.717) is 34.8 Å². The van der Waals surface area contributed by atoms with Gasteiger partial charge in [0.05, 0.1) is 28.4 Å². The van der Waals surface area contributed by atoms with Crippen molar-refractivity contribution in [3.63, 3.8) is 0 Å². The Labute approximate surface area is 177 Å². The van der Waals surface area contributed by atoms with Gasteiger partial charge in [-0.3, -0.25) is 4.79 Å². The number of allylic oxidation sites excluding steroid dienone is 3. The molecule has 0 saturated carbocycles. The molecular weight excluding hydrogens is 384 g/mol. The van der Waals surface area contributed by atoms with E-state index in [1.165, 1.54) is 33.5 Å². The number of rotatable bonds is 9. The van der Waals surface area contributed by atoms with Crippen molar-refractivity contribution in [1.29, 1.82) is 0 Å². The lowest BCUT2D eigenvalue weighted by atomic mass is 9.99. The Balaban J connectivity index is 2.53. The number of hydrogen-bond donors (Lipinski definition) is 1. The quantitative estimate of drug-likeness (QED) is 0.361. The van der Waals surface area contributed by atoms with Gasteiger partial charge in [-0.25, -0.2) is 0 Å². The molecule has 30 heavy (non-hydrogen) atoms. The second-order valence-corrected chi connectivity index (χ2v) is 6.75. The molecule has 2 rings (SSSR count). The average molecular weight is 412 g/mol. The van der Waals surface area contributed by atoms with Crippen molar-refractivity contribution < 1.29 is 28.8 Å². The molecule has 0 aliphatic carbocycles. The molecule has 6 heteroatoms. The van der Waals surface area contributed by atoms with E-state index in [0.717, 1.165) is 5.57 Å². The minimum atomic E-state index is -0.407. The van der Waals surface area contributed by atoms with Crippen LogP contribution in [0.5, 0.6) is 28.7 Å². The van der Waals surface area contributed by atoms with Gasteiger partial charge in [0.2, 0.25) is 0 Å². The number of ether oxygens (including phenoxy) is 4. The monoisotopic (exact) mass is 412 g/mol. The first-order chi connectivity index (χ1) is 14.4. The molecular formula is C24H28O6. The number of carbonyl (C=O) groups excluding carboxylic acids is 1. The maximum atomic E-state index is 13.0. The first kappa shape index (κ1) is 22.9. The summed E-state index contributed by atoms with van der Waals surface area (Å²) in [6, 6.07) is 6.81. The smallest absolute Gasteiger partial charge is 0.193 e. The van der Waals surface area contributed by atoms with Gasteiger partial charge in [0.15, 0.2) is 17.3 Å². The van der Waals surface area contributed by atoms with Crippen LogP contribution in [0.4, 0.5) is 0 Å². The van der Waals surface area contributed by atoms with Crippen LogP contribution < -0.4 is 18.9 Å². The summed E-state index contributed by atoms with van der Waals surface area (Å²) < 4.78 is 21.6. The third-order valence-corrected chi connectivity index (χ3v) is 4.56. The van der Waals surface area contributed by atoms with Crippen LogP contribution in [-0.4, -0.2) is 39.3 Å². The summed E-state index contributed by atoms with van der Waals surface area (Å²) in [5.74, 6) is 1.20. The zero-order valence-electron chi connectivity index (χ0n) is 18.2. The molecule has 160 valence electrons. The summed E-state index contributed by atoms with van der Waals surface area (Å²) in [6.45, 7) is 3.96. The molecule has 6 nitrogen and oxygen atoms in total. The van der Waals surface area contributed by atoms with E-state index >= 15 is 0 Å². The Morgan fingerprint density at radius 2 is 1.63 bits per heavy atom. The van der Waals surface area contributed by atoms with Gasteiger partial charge in [-0.1, -0.05) is 23.8 Å². The second kappa shape index (κ2) is 10.4. The first-order valence-corrected chi connectivity index (χ1v) is 9.41. The van der Waals surface area contributed by atoms with E-state index in [2.05, 4.69) is 0 Å². The molecule has 0 saturated heterocycles.